The van der Waals surface area contributed by atoms with Gasteiger partial charge in [-0.15, -0.1) is 0 Å². The van der Waals surface area contributed by atoms with Crippen molar-refractivity contribution < 1.29 is 19.1 Å². The fourth-order valence-corrected chi connectivity index (χ4v) is 4.45. The van der Waals surface area contributed by atoms with Crippen LogP contribution in [0.5, 0.6) is 0 Å². The molecule has 0 aliphatic rings. The van der Waals surface area contributed by atoms with Crippen molar-refractivity contribution in [1.82, 2.24) is 0 Å². The number of hydrogen-bond donors (Lipinski definition) is 0. The minimum Gasteiger partial charge on any atom is -0.462 e. The Balaban J connectivity index is 3.34. The van der Waals surface area contributed by atoms with Gasteiger partial charge in [-0.2, -0.15) is 0 Å². The lowest BCUT2D eigenvalue weighted by Gasteiger charge is -2.18. The van der Waals surface area contributed by atoms with Gasteiger partial charge in [0.25, 0.3) is 0 Å². The van der Waals surface area contributed by atoms with Gasteiger partial charge in [0.1, 0.15) is 0 Å². The molecule has 1 unspecified atom stereocenters. The quantitative estimate of drug-likeness (QED) is 0.202. The Morgan fingerprint density at radius 2 is 1.42 bits per heavy atom. The monoisotopic (exact) mass is 590 g/mol. The van der Waals surface area contributed by atoms with Crippen LogP contribution in [-0.4, -0.2) is 24.6 Å². The summed E-state index contributed by atoms with van der Waals surface area (Å²) in [6, 6.07) is 0. The number of halogens is 4. The molecule has 0 spiro atoms. The third-order valence-electron chi connectivity index (χ3n) is 3.22. The average molecular weight is 594 g/mol. The number of esters is 2. The second-order valence-electron chi connectivity index (χ2n) is 5.08. The van der Waals surface area contributed by atoms with Crippen LogP contribution in [0.1, 0.15) is 60.7 Å². The Labute approximate surface area is 175 Å². The van der Waals surface area contributed by atoms with Gasteiger partial charge in [-0.25, -0.2) is 9.59 Å². The predicted octanol–water partition coefficient (Wildman–Crippen LogP) is 6.65. The van der Waals surface area contributed by atoms with Crippen molar-refractivity contribution in [1.29, 1.82) is 0 Å². The molecule has 0 heterocycles. The zero-order chi connectivity index (χ0) is 18.4. The maximum absolute atomic E-state index is 12.7. The first kappa shape index (κ1) is 22.1. The third kappa shape index (κ3) is 5.29. The number of rotatable bonds is 7. The standard InChI is InChI=1S/C16H18Br4O4/c1-4-6-7-8(3)24-16(22)10-9(15(21)23-5-2)11(17)13(19)14(20)12(10)18/h8H,4-7H2,1-3H3. The lowest BCUT2D eigenvalue weighted by molar-refractivity contribution is 0.0308. The van der Waals surface area contributed by atoms with Crippen LogP contribution in [0, 0.1) is 0 Å². The molecule has 0 amide bonds. The van der Waals surface area contributed by atoms with E-state index >= 15 is 0 Å². The largest absolute Gasteiger partial charge is 0.462 e. The molecule has 1 rings (SSSR count). The summed E-state index contributed by atoms with van der Waals surface area (Å²) >= 11 is 13.5. The molecule has 0 radical (unpaired) electrons. The van der Waals surface area contributed by atoms with E-state index < -0.39 is 11.9 Å². The maximum Gasteiger partial charge on any atom is 0.340 e. The zero-order valence-electron chi connectivity index (χ0n) is 13.6. The van der Waals surface area contributed by atoms with E-state index in [0.29, 0.717) is 17.9 Å². The van der Waals surface area contributed by atoms with Crippen molar-refractivity contribution in [3.05, 3.63) is 29.0 Å². The fourth-order valence-electron chi connectivity index (χ4n) is 2.01. The highest BCUT2D eigenvalue weighted by Gasteiger charge is 2.30. The lowest BCUT2D eigenvalue weighted by Crippen LogP contribution is -2.20. The predicted molar refractivity (Wildman–Crippen MR) is 108 cm³/mol. The Bertz CT molecular complexity index is 631. The summed E-state index contributed by atoms with van der Waals surface area (Å²) in [7, 11) is 0. The molecule has 24 heavy (non-hydrogen) atoms. The van der Waals surface area contributed by atoms with E-state index in [1.54, 1.807) is 6.92 Å². The van der Waals surface area contributed by atoms with Gasteiger partial charge in [-0.1, -0.05) is 19.8 Å². The summed E-state index contributed by atoms with van der Waals surface area (Å²) in [5, 5.41) is 0. The topological polar surface area (TPSA) is 52.6 Å². The summed E-state index contributed by atoms with van der Waals surface area (Å²) in [5.74, 6) is -1.16. The lowest BCUT2D eigenvalue weighted by atomic mass is 10.1. The van der Waals surface area contributed by atoms with Gasteiger partial charge in [0, 0.05) is 17.9 Å². The number of benzene rings is 1. The number of carbonyl (C=O) groups excluding carboxylic acids is 2. The van der Waals surface area contributed by atoms with Crippen molar-refractivity contribution in [3.8, 4) is 0 Å². The van der Waals surface area contributed by atoms with Crippen LogP contribution in [0.15, 0.2) is 17.9 Å². The molecule has 4 nitrogen and oxygen atoms in total. The minimum absolute atomic E-state index is 0.131. The Hall–Kier alpha value is 0.0800. The average Bonchev–Trinajstić information content (AvgIpc) is 2.53. The van der Waals surface area contributed by atoms with Crippen LogP contribution >= 0.6 is 63.7 Å². The highest BCUT2D eigenvalue weighted by molar-refractivity contribution is 9.15. The number of hydrogen-bond acceptors (Lipinski definition) is 4. The number of ether oxygens (including phenoxy) is 2. The molecule has 0 aliphatic carbocycles. The van der Waals surface area contributed by atoms with E-state index in [1.165, 1.54) is 0 Å². The molecule has 0 saturated carbocycles. The van der Waals surface area contributed by atoms with Crippen molar-refractivity contribution >= 4 is 75.7 Å². The van der Waals surface area contributed by atoms with E-state index in [2.05, 4.69) is 70.6 Å². The highest BCUT2D eigenvalue weighted by Crippen LogP contribution is 2.42. The Morgan fingerprint density at radius 3 is 1.88 bits per heavy atom. The van der Waals surface area contributed by atoms with Gasteiger partial charge < -0.3 is 9.47 Å². The first-order valence-electron chi connectivity index (χ1n) is 7.50. The zero-order valence-corrected chi connectivity index (χ0v) is 19.9. The van der Waals surface area contributed by atoms with E-state index in [-0.39, 0.29) is 23.8 Å². The van der Waals surface area contributed by atoms with Gasteiger partial charge >= 0.3 is 11.9 Å². The molecule has 0 saturated heterocycles. The molecule has 0 N–H and O–H groups in total. The molecule has 134 valence electrons. The molecule has 8 heteroatoms. The first-order chi connectivity index (χ1) is 11.3. The van der Waals surface area contributed by atoms with Crippen molar-refractivity contribution in [3.63, 3.8) is 0 Å². The second kappa shape index (κ2) is 10.3. The molecule has 0 fully saturated rings. The summed E-state index contributed by atoms with van der Waals surface area (Å²) in [6.07, 6.45) is 2.52. The Morgan fingerprint density at radius 1 is 0.917 bits per heavy atom. The molecule has 0 bridgehead atoms. The fraction of sp³-hybridized carbons (Fsp3) is 0.500. The van der Waals surface area contributed by atoms with Gasteiger partial charge in [-0.05, 0) is 84.0 Å². The van der Waals surface area contributed by atoms with Crippen LogP contribution in [0.25, 0.3) is 0 Å². The van der Waals surface area contributed by atoms with Gasteiger partial charge in [0.2, 0.25) is 0 Å². The van der Waals surface area contributed by atoms with E-state index in [4.69, 9.17) is 9.47 Å². The molecule has 0 aliphatic heterocycles. The van der Waals surface area contributed by atoms with Crippen LogP contribution in [0.2, 0.25) is 0 Å². The number of carbonyl (C=O) groups is 2. The Kier molecular flexibility index (Phi) is 9.48. The smallest absolute Gasteiger partial charge is 0.340 e. The summed E-state index contributed by atoms with van der Waals surface area (Å²) in [5.41, 5.74) is 0.269. The van der Waals surface area contributed by atoms with E-state index in [1.807, 2.05) is 6.92 Å². The molecule has 1 aromatic carbocycles. The van der Waals surface area contributed by atoms with Crippen molar-refractivity contribution in [2.24, 2.45) is 0 Å². The third-order valence-corrected chi connectivity index (χ3v) is 7.99. The maximum atomic E-state index is 12.7. The first-order valence-corrected chi connectivity index (χ1v) is 10.7. The number of unbranched alkanes of at least 4 members (excludes halogenated alkanes) is 1. The van der Waals surface area contributed by atoms with Crippen molar-refractivity contribution in [2.75, 3.05) is 6.61 Å². The summed E-state index contributed by atoms with van der Waals surface area (Å²) in [6.45, 7) is 5.83. The van der Waals surface area contributed by atoms with Crippen LogP contribution in [0.3, 0.4) is 0 Å². The van der Waals surface area contributed by atoms with Gasteiger partial charge in [0.15, 0.2) is 0 Å². The SMILES string of the molecule is CCCCC(C)OC(=O)c1c(Br)c(Br)c(Br)c(Br)c1C(=O)OCC. The van der Waals surface area contributed by atoms with Crippen LogP contribution in [0.4, 0.5) is 0 Å². The minimum atomic E-state index is -0.591. The summed E-state index contributed by atoms with van der Waals surface area (Å²) in [4.78, 5) is 25.0. The van der Waals surface area contributed by atoms with Gasteiger partial charge in [0.05, 0.1) is 23.8 Å². The normalized spacial score (nSPS) is 12.0. The molecule has 1 aromatic rings. The van der Waals surface area contributed by atoms with E-state index in [9.17, 15) is 9.59 Å². The molecular weight excluding hydrogens is 576 g/mol. The van der Waals surface area contributed by atoms with Crippen LogP contribution < -0.4 is 0 Å². The van der Waals surface area contributed by atoms with Crippen molar-refractivity contribution in [2.45, 2.75) is 46.1 Å². The highest BCUT2D eigenvalue weighted by atomic mass is 79.9. The summed E-state index contributed by atoms with van der Waals surface area (Å²) < 4.78 is 12.7. The van der Waals surface area contributed by atoms with Gasteiger partial charge in [-0.3, -0.25) is 0 Å². The second-order valence-corrected chi connectivity index (χ2v) is 8.26. The van der Waals surface area contributed by atoms with E-state index in [0.717, 1.165) is 19.3 Å². The van der Waals surface area contributed by atoms with Crippen LogP contribution in [-0.2, 0) is 9.47 Å². The molecule has 0 aromatic heterocycles. The molecular formula is C16H18Br4O4. The molecule has 1 atom stereocenters.